The Morgan fingerprint density at radius 2 is 2.14 bits per heavy atom. The number of nitrogens with one attached hydrogen (secondary N) is 1. The summed E-state index contributed by atoms with van der Waals surface area (Å²) < 4.78 is 0. The molecule has 1 aromatic rings. The molecule has 1 aliphatic heterocycles. The van der Waals surface area contributed by atoms with Crippen molar-refractivity contribution in [3.8, 4) is 0 Å². The van der Waals surface area contributed by atoms with Crippen LogP contribution in [0.3, 0.4) is 0 Å². The number of anilines is 1. The van der Waals surface area contributed by atoms with E-state index in [0.717, 1.165) is 26.2 Å². The maximum atomic E-state index is 5.04. The lowest BCUT2D eigenvalue weighted by molar-refractivity contribution is 0.360. The van der Waals surface area contributed by atoms with E-state index in [9.17, 15) is 0 Å². The van der Waals surface area contributed by atoms with Gasteiger partial charge in [-0.1, -0.05) is 6.92 Å². The van der Waals surface area contributed by atoms with E-state index in [1.54, 1.807) is 0 Å². The SMILES string of the molecule is CCCNC1CCCc2sc(N3CCCN(C)CC3)nc21. The van der Waals surface area contributed by atoms with Crippen molar-refractivity contribution in [1.82, 2.24) is 15.2 Å². The average Bonchev–Trinajstić information content (AvgIpc) is 2.81. The van der Waals surface area contributed by atoms with Gasteiger partial charge in [-0.25, -0.2) is 4.98 Å². The van der Waals surface area contributed by atoms with Gasteiger partial charge in [0.05, 0.1) is 11.7 Å². The molecule has 4 nitrogen and oxygen atoms in total. The number of fused-ring (bicyclic) bond motifs is 1. The van der Waals surface area contributed by atoms with Crippen LogP contribution in [0.1, 0.15) is 49.2 Å². The average molecular weight is 308 g/mol. The van der Waals surface area contributed by atoms with Crippen molar-refractivity contribution in [2.45, 2.75) is 45.1 Å². The number of likely N-dealkylation sites (N-methyl/N-ethyl adjacent to an activating group) is 1. The lowest BCUT2D eigenvalue weighted by atomic mass is 9.97. The molecule has 1 aromatic heterocycles. The first-order valence-corrected chi connectivity index (χ1v) is 9.26. The molecule has 3 rings (SSSR count). The summed E-state index contributed by atoms with van der Waals surface area (Å²) in [5.41, 5.74) is 1.35. The van der Waals surface area contributed by atoms with Gasteiger partial charge in [0.25, 0.3) is 0 Å². The van der Waals surface area contributed by atoms with Gasteiger partial charge in [0.15, 0.2) is 5.13 Å². The summed E-state index contributed by atoms with van der Waals surface area (Å²) in [6.07, 6.45) is 6.22. The third-order valence-electron chi connectivity index (χ3n) is 4.57. The van der Waals surface area contributed by atoms with E-state index in [-0.39, 0.29) is 0 Å². The van der Waals surface area contributed by atoms with Crippen molar-refractivity contribution in [2.75, 3.05) is 44.7 Å². The van der Waals surface area contributed by atoms with Crippen LogP contribution in [0.5, 0.6) is 0 Å². The lowest BCUT2D eigenvalue weighted by Gasteiger charge is -2.22. The van der Waals surface area contributed by atoms with Crippen LogP contribution in [-0.2, 0) is 6.42 Å². The van der Waals surface area contributed by atoms with Crippen LogP contribution in [0.2, 0.25) is 0 Å². The third-order valence-corrected chi connectivity index (χ3v) is 5.77. The highest BCUT2D eigenvalue weighted by Gasteiger charge is 2.26. The van der Waals surface area contributed by atoms with Gasteiger partial charge in [-0.15, -0.1) is 11.3 Å². The smallest absolute Gasteiger partial charge is 0.185 e. The van der Waals surface area contributed by atoms with E-state index in [1.165, 1.54) is 54.4 Å². The molecule has 5 heteroatoms. The minimum Gasteiger partial charge on any atom is -0.347 e. The minimum absolute atomic E-state index is 0.494. The molecule has 0 aromatic carbocycles. The molecule has 21 heavy (non-hydrogen) atoms. The number of aryl methyl sites for hydroxylation is 1. The number of hydrogen-bond acceptors (Lipinski definition) is 5. The standard InChI is InChI=1S/C16H28N4S/c1-3-8-17-13-6-4-7-14-15(13)18-16(21-14)20-10-5-9-19(2)11-12-20/h13,17H,3-12H2,1-2H3. The largest absolute Gasteiger partial charge is 0.347 e. The van der Waals surface area contributed by atoms with Crippen LogP contribution in [0.15, 0.2) is 0 Å². The summed E-state index contributed by atoms with van der Waals surface area (Å²) in [5.74, 6) is 0. The zero-order valence-corrected chi connectivity index (χ0v) is 14.2. The summed E-state index contributed by atoms with van der Waals surface area (Å²) in [6, 6.07) is 0.494. The fourth-order valence-electron chi connectivity index (χ4n) is 3.30. The number of nitrogens with zero attached hydrogens (tertiary/aromatic N) is 3. The van der Waals surface area contributed by atoms with Crippen molar-refractivity contribution >= 4 is 16.5 Å². The van der Waals surface area contributed by atoms with Gasteiger partial charge >= 0.3 is 0 Å². The Morgan fingerprint density at radius 1 is 1.24 bits per heavy atom. The fraction of sp³-hybridized carbons (Fsp3) is 0.812. The molecule has 2 heterocycles. The fourth-order valence-corrected chi connectivity index (χ4v) is 4.51. The predicted octanol–water partition coefficient (Wildman–Crippen LogP) is 2.66. The number of rotatable bonds is 4. The molecule has 1 N–H and O–H groups in total. The Kier molecular flexibility index (Phi) is 5.14. The van der Waals surface area contributed by atoms with E-state index in [1.807, 2.05) is 11.3 Å². The van der Waals surface area contributed by atoms with Gasteiger partial charge in [0.2, 0.25) is 0 Å². The molecule has 0 saturated carbocycles. The number of thiazole rings is 1. The van der Waals surface area contributed by atoms with Crippen LogP contribution in [-0.4, -0.2) is 49.7 Å². The minimum atomic E-state index is 0.494. The highest BCUT2D eigenvalue weighted by Crippen LogP contribution is 2.36. The second kappa shape index (κ2) is 7.07. The molecular formula is C16H28N4S. The first-order chi connectivity index (χ1) is 10.3. The van der Waals surface area contributed by atoms with Gasteiger partial charge < -0.3 is 15.1 Å². The molecule has 0 radical (unpaired) electrons. The monoisotopic (exact) mass is 308 g/mol. The zero-order valence-electron chi connectivity index (χ0n) is 13.4. The summed E-state index contributed by atoms with van der Waals surface area (Å²) in [4.78, 5) is 11.5. The van der Waals surface area contributed by atoms with Gasteiger partial charge in [0, 0.05) is 24.5 Å². The van der Waals surface area contributed by atoms with Crippen molar-refractivity contribution in [3.63, 3.8) is 0 Å². The van der Waals surface area contributed by atoms with Crippen molar-refractivity contribution < 1.29 is 0 Å². The molecule has 0 spiro atoms. The topological polar surface area (TPSA) is 31.4 Å². The maximum absolute atomic E-state index is 5.04. The Hall–Kier alpha value is -0.650. The molecule has 1 saturated heterocycles. The Morgan fingerprint density at radius 3 is 3.00 bits per heavy atom. The third kappa shape index (κ3) is 3.58. The highest BCUT2D eigenvalue weighted by atomic mass is 32.1. The molecule has 0 amide bonds. The summed E-state index contributed by atoms with van der Waals surface area (Å²) in [7, 11) is 2.22. The Balaban J connectivity index is 1.74. The quantitative estimate of drug-likeness (QED) is 0.926. The summed E-state index contributed by atoms with van der Waals surface area (Å²) in [5, 5.41) is 4.94. The Labute approximate surface area is 132 Å². The lowest BCUT2D eigenvalue weighted by Crippen LogP contribution is -2.29. The molecule has 1 unspecified atom stereocenters. The normalized spacial score (nSPS) is 23.9. The van der Waals surface area contributed by atoms with Crippen molar-refractivity contribution in [3.05, 3.63) is 10.6 Å². The zero-order chi connectivity index (χ0) is 14.7. The van der Waals surface area contributed by atoms with Gasteiger partial charge in [-0.2, -0.15) is 0 Å². The van der Waals surface area contributed by atoms with Gasteiger partial charge in [-0.3, -0.25) is 0 Å². The first kappa shape index (κ1) is 15.3. The van der Waals surface area contributed by atoms with E-state index in [0.29, 0.717) is 6.04 Å². The van der Waals surface area contributed by atoms with E-state index < -0.39 is 0 Å². The summed E-state index contributed by atoms with van der Waals surface area (Å²) >= 11 is 1.95. The van der Waals surface area contributed by atoms with Crippen LogP contribution in [0, 0.1) is 0 Å². The van der Waals surface area contributed by atoms with E-state index in [4.69, 9.17) is 4.98 Å². The van der Waals surface area contributed by atoms with Crippen molar-refractivity contribution in [2.24, 2.45) is 0 Å². The first-order valence-electron chi connectivity index (χ1n) is 8.44. The van der Waals surface area contributed by atoms with Gasteiger partial charge in [-0.05, 0) is 52.2 Å². The second-order valence-corrected chi connectivity index (χ2v) is 7.41. The number of aromatic nitrogens is 1. The molecule has 0 bridgehead atoms. The summed E-state index contributed by atoms with van der Waals surface area (Å²) in [6.45, 7) is 7.98. The molecule has 2 aliphatic rings. The van der Waals surface area contributed by atoms with Crippen LogP contribution >= 0.6 is 11.3 Å². The van der Waals surface area contributed by atoms with Gasteiger partial charge in [0.1, 0.15) is 0 Å². The van der Waals surface area contributed by atoms with Crippen LogP contribution < -0.4 is 10.2 Å². The second-order valence-electron chi connectivity index (χ2n) is 6.35. The predicted molar refractivity (Wildman–Crippen MR) is 90.4 cm³/mol. The molecule has 1 atom stereocenters. The van der Waals surface area contributed by atoms with Crippen molar-refractivity contribution in [1.29, 1.82) is 0 Å². The maximum Gasteiger partial charge on any atom is 0.185 e. The molecular weight excluding hydrogens is 280 g/mol. The molecule has 1 fully saturated rings. The van der Waals surface area contributed by atoms with E-state index >= 15 is 0 Å². The molecule has 1 aliphatic carbocycles. The Bertz CT molecular complexity index is 459. The highest BCUT2D eigenvalue weighted by molar-refractivity contribution is 7.15. The molecule has 118 valence electrons. The number of hydrogen-bond donors (Lipinski definition) is 1. The van der Waals surface area contributed by atoms with E-state index in [2.05, 4.69) is 29.1 Å². The van der Waals surface area contributed by atoms with Crippen LogP contribution in [0.4, 0.5) is 5.13 Å². The van der Waals surface area contributed by atoms with Crippen LogP contribution in [0.25, 0.3) is 0 Å².